The molecule has 1 aliphatic carbocycles. The summed E-state index contributed by atoms with van der Waals surface area (Å²) in [7, 11) is 0. The number of fused-ring (bicyclic) bond motifs is 1. The lowest BCUT2D eigenvalue weighted by atomic mass is 10.00. The van der Waals surface area contributed by atoms with Crippen LogP contribution in [0.1, 0.15) is 40.7 Å². The molecule has 0 bridgehead atoms. The second-order valence-electron chi connectivity index (χ2n) is 3.86. The van der Waals surface area contributed by atoms with E-state index >= 15 is 0 Å². The molecule has 14 heavy (non-hydrogen) atoms. The largest absolute Gasteiger partial charge is 0.507 e. The van der Waals surface area contributed by atoms with Gasteiger partial charge in [-0.25, -0.2) is 0 Å². The molecule has 0 saturated carbocycles. The van der Waals surface area contributed by atoms with E-state index in [0.29, 0.717) is 5.56 Å². The maximum absolute atomic E-state index is 10.6. The first-order valence-corrected chi connectivity index (χ1v) is 5.11. The Balaban J connectivity index is 2.45. The van der Waals surface area contributed by atoms with E-state index < -0.39 is 0 Å². The SMILES string of the molecule is O=Cc1cc2c(cc1O)CCCCC2. The van der Waals surface area contributed by atoms with Crippen LogP contribution in [0.25, 0.3) is 0 Å². The van der Waals surface area contributed by atoms with Gasteiger partial charge in [0.1, 0.15) is 5.75 Å². The lowest BCUT2D eigenvalue weighted by Gasteiger charge is -2.07. The van der Waals surface area contributed by atoms with Crippen molar-refractivity contribution in [3.8, 4) is 5.75 Å². The first kappa shape index (κ1) is 9.25. The minimum atomic E-state index is 0.126. The predicted molar refractivity (Wildman–Crippen MR) is 54.8 cm³/mol. The summed E-state index contributed by atoms with van der Waals surface area (Å²) in [4.78, 5) is 10.6. The van der Waals surface area contributed by atoms with Gasteiger partial charge in [-0.05, 0) is 48.9 Å². The van der Waals surface area contributed by atoms with Crippen LogP contribution in [0.4, 0.5) is 0 Å². The number of phenols is 1. The molecule has 0 unspecified atom stereocenters. The Labute approximate surface area is 83.6 Å². The Morgan fingerprint density at radius 2 is 1.71 bits per heavy atom. The number of hydrogen-bond acceptors (Lipinski definition) is 2. The Morgan fingerprint density at radius 1 is 1.07 bits per heavy atom. The van der Waals surface area contributed by atoms with E-state index in [1.165, 1.54) is 30.4 Å². The molecule has 1 aromatic rings. The van der Waals surface area contributed by atoms with E-state index in [-0.39, 0.29) is 5.75 Å². The van der Waals surface area contributed by atoms with Crippen LogP contribution in [0.5, 0.6) is 5.75 Å². The number of rotatable bonds is 1. The van der Waals surface area contributed by atoms with Crippen LogP contribution in [0.3, 0.4) is 0 Å². The van der Waals surface area contributed by atoms with Crippen molar-refractivity contribution in [1.82, 2.24) is 0 Å². The van der Waals surface area contributed by atoms with Crippen molar-refractivity contribution in [1.29, 1.82) is 0 Å². The van der Waals surface area contributed by atoms with Gasteiger partial charge in [0.2, 0.25) is 0 Å². The van der Waals surface area contributed by atoms with Gasteiger partial charge in [-0.3, -0.25) is 4.79 Å². The van der Waals surface area contributed by atoms with Crippen LogP contribution >= 0.6 is 0 Å². The number of phenolic OH excluding ortho intramolecular Hbond substituents is 1. The predicted octanol–water partition coefficient (Wildman–Crippen LogP) is 2.47. The normalized spacial score (nSPS) is 15.7. The zero-order valence-electron chi connectivity index (χ0n) is 8.12. The number of benzene rings is 1. The molecule has 0 heterocycles. The minimum absolute atomic E-state index is 0.126. The number of hydrogen-bond donors (Lipinski definition) is 1. The quantitative estimate of drug-likeness (QED) is 0.545. The molecule has 0 amide bonds. The van der Waals surface area contributed by atoms with Crippen LogP contribution < -0.4 is 0 Å². The van der Waals surface area contributed by atoms with Gasteiger partial charge in [0.05, 0.1) is 5.56 Å². The third-order valence-electron chi connectivity index (χ3n) is 2.87. The number of carbonyl (C=O) groups excluding carboxylic acids is 1. The highest BCUT2D eigenvalue weighted by molar-refractivity contribution is 5.79. The molecule has 0 saturated heterocycles. The molecule has 0 radical (unpaired) electrons. The fourth-order valence-corrected chi connectivity index (χ4v) is 2.06. The summed E-state index contributed by atoms with van der Waals surface area (Å²) in [5.74, 6) is 0.126. The molecule has 0 atom stereocenters. The molecule has 1 aliphatic rings. The fraction of sp³-hybridized carbons (Fsp3) is 0.417. The van der Waals surface area contributed by atoms with Gasteiger partial charge in [-0.1, -0.05) is 6.42 Å². The molecule has 0 aliphatic heterocycles. The lowest BCUT2D eigenvalue weighted by molar-refractivity contribution is 0.112. The molecule has 74 valence electrons. The standard InChI is InChI=1S/C12H14O2/c13-8-11-6-9-4-2-1-3-5-10(9)7-12(11)14/h6-8,14H,1-5H2. The minimum Gasteiger partial charge on any atom is -0.507 e. The van der Waals surface area contributed by atoms with Crippen LogP contribution in [0.2, 0.25) is 0 Å². The van der Waals surface area contributed by atoms with Crippen molar-refractivity contribution in [2.75, 3.05) is 0 Å². The zero-order valence-corrected chi connectivity index (χ0v) is 8.12. The van der Waals surface area contributed by atoms with Crippen molar-refractivity contribution in [2.24, 2.45) is 0 Å². The van der Waals surface area contributed by atoms with Crippen LogP contribution in [-0.4, -0.2) is 11.4 Å². The molecular weight excluding hydrogens is 176 g/mol. The van der Waals surface area contributed by atoms with E-state index in [1.54, 1.807) is 6.07 Å². The Morgan fingerprint density at radius 3 is 2.36 bits per heavy atom. The number of aldehydes is 1. The van der Waals surface area contributed by atoms with Gasteiger partial charge in [0, 0.05) is 0 Å². The highest BCUT2D eigenvalue weighted by atomic mass is 16.3. The molecule has 2 heteroatoms. The Hall–Kier alpha value is -1.31. The van der Waals surface area contributed by atoms with Crippen molar-refractivity contribution < 1.29 is 9.90 Å². The Kier molecular flexibility index (Phi) is 2.53. The maximum atomic E-state index is 10.6. The zero-order chi connectivity index (χ0) is 9.97. The van der Waals surface area contributed by atoms with Crippen molar-refractivity contribution in [2.45, 2.75) is 32.1 Å². The summed E-state index contributed by atoms with van der Waals surface area (Å²) in [5.41, 5.74) is 2.87. The monoisotopic (exact) mass is 190 g/mol. The first-order chi connectivity index (χ1) is 6.81. The summed E-state index contributed by atoms with van der Waals surface area (Å²) in [6.07, 6.45) is 6.41. The topological polar surface area (TPSA) is 37.3 Å². The van der Waals surface area contributed by atoms with Gasteiger partial charge in [-0.2, -0.15) is 0 Å². The summed E-state index contributed by atoms with van der Waals surface area (Å²) in [6, 6.07) is 3.59. The molecule has 2 rings (SSSR count). The summed E-state index contributed by atoms with van der Waals surface area (Å²) in [5, 5.41) is 9.53. The summed E-state index contributed by atoms with van der Waals surface area (Å²) < 4.78 is 0. The Bertz CT molecular complexity index is 356. The summed E-state index contributed by atoms with van der Waals surface area (Å²) >= 11 is 0. The number of aryl methyl sites for hydroxylation is 2. The van der Waals surface area contributed by atoms with E-state index in [9.17, 15) is 9.90 Å². The third kappa shape index (κ3) is 1.65. The molecule has 0 spiro atoms. The van der Waals surface area contributed by atoms with Crippen molar-refractivity contribution in [3.63, 3.8) is 0 Å². The van der Waals surface area contributed by atoms with Gasteiger partial charge in [-0.15, -0.1) is 0 Å². The molecule has 0 aromatic heterocycles. The smallest absolute Gasteiger partial charge is 0.153 e. The molecule has 0 fully saturated rings. The van der Waals surface area contributed by atoms with Gasteiger partial charge in [0.25, 0.3) is 0 Å². The average molecular weight is 190 g/mol. The van der Waals surface area contributed by atoms with Gasteiger partial charge >= 0.3 is 0 Å². The third-order valence-corrected chi connectivity index (χ3v) is 2.87. The van der Waals surface area contributed by atoms with E-state index in [2.05, 4.69) is 0 Å². The highest BCUT2D eigenvalue weighted by Gasteiger charge is 2.11. The maximum Gasteiger partial charge on any atom is 0.153 e. The first-order valence-electron chi connectivity index (χ1n) is 5.11. The van der Waals surface area contributed by atoms with E-state index in [4.69, 9.17) is 0 Å². The molecule has 1 N–H and O–H groups in total. The number of aromatic hydroxyl groups is 1. The molecule has 1 aromatic carbocycles. The summed E-state index contributed by atoms with van der Waals surface area (Å²) in [6.45, 7) is 0. The second kappa shape index (κ2) is 3.82. The van der Waals surface area contributed by atoms with E-state index in [0.717, 1.165) is 19.1 Å². The van der Waals surface area contributed by atoms with Gasteiger partial charge < -0.3 is 5.11 Å². The van der Waals surface area contributed by atoms with Gasteiger partial charge in [0.15, 0.2) is 6.29 Å². The van der Waals surface area contributed by atoms with Crippen LogP contribution in [0.15, 0.2) is 12.1 Å². The highest BCUT2D eigenvalue weighted by Crippen LogP contribution is 2.26. The van der Waals surface area contributed by atoms with Crippen LogP contribution in [-0.2, 0) is 12.8 Å². The van der Waals surface area contributed by atoms with E-state index in [1.807, 2.05) is 6.07 Å². The second-order valence-corrected chi connectivity index (χ2v) is 3.86. The molecule has 2 nitrogen and oxygen atoms in total. The fourth-order valence-electron chi connectivity index (χ4n) is 2.06. The lowest BCUT2D eigenvalue weighted by Crippen LogP contribution is -1.93. The molecular formula is C12H14O2. The van der Waals surface area contributed by atoms with Crippen LogP contribution in [0, 0.1) is 0 Å². The van der Waals surface area contributed by atoms with Crippen molar-refractivity contribution in [3.05, 3.63) is 28.8 Å². The number of carbonyl (C=O) groups is 1. The van der Waals surface area contributed by atoms with Crippen molar-refractivity contribution >= 4 is 6.29 Å². The average Bonchev–Trinajstić information content (AvgIpc) is 2.41.